The third-order valence-corrected chi connectivity index (χ3v) is 7.54. The van der Waals surface area contributed by atoms with E-state index in [1.165, 1.54) is 36.0 Å². The van der Waals surface area contributed by atoms with Crippen LogP contribution in [0.3, 0.4) is 0 Å². The summed E-state index contributed by atoms with van der Waals surface area (Å²) in [5.74, 6) is 1.71. The maximum absolute atomic E-state index is 12.9. The van der Waals surface area contributed by atoms with Crippen molar-refractivity contribution < 1.29 is 22.7 Å². The Hall–Kier alpha value is -4.45. The SMILES string of the molecule is CCc1nc(-c2ccc(C=NN=C3SCCC(=O)N3c3ccccc3C(C)C)cc2)nn1-c1ccc(OC(F)(F)F)cc1. The van der Waals surface area contributed by atoms with Crippen LogP contribution < -0.4 is 9.64 Å². The van der Waals surface area contributed by atoms with Crippen LogP contribution >= 0.6 is 11.8 Å². The summed E-state index contributed by atoms with van der Waals surface area (Å²) in [6.45, 7) is 6.11. The van der Waals surface area contributed by atoms with E-state index in [0.29, 0.717) is 41.1 Å². The minimum atomic E-state index is -4.76. The van der Waals surface area contributed by atoms with Crippen molar-refractivity contribution in [3.05, 3.63) is 89.7 Å². The first kappa shape index (κ1) is 30.0. The van der Waals surface area contributed by atoms with E-state index in [4.69, 9.17) is 0 Å². The zero-order valence-corrected chi connectivity index (χ0v) is 24.6. The van der Waals surface area contributed by atoms with Crippen LogP contribution in [0.5, 0.6) is 5.75 Å². The number of benzene rings is 3. The van der Waals surface area contributed by atoms with Gasteiger partial charge in [0.25, 0.3) is 0 Å². The van der Waals surface area contributed by atoms with Gasteiger partial charge in [-0.15, -0.1) is 23.4 Å². The fraction of sp³-hybridized carbons (Fsp3) is 0.258. The average Bonchev–Trinajstić information content (AvgIpc) is 3.42. The lowest BCUT2D eigenvalue weighted by atomic mass is 10.0. The second-order valence-corrected chi connectivity index (χ2v) is 11.0. The second-order valence-electron chi connectivity index (χ2n) is 9.95. The first-order chi connectivity index (χ1) is 20.6. The zero-order valence-electron chi connectivity index (χ0n) is 23.7. The molecule has 0 N–H and O–H groups in total. The summed E-state index contributed by atoms with van der Waals surface area (Å²) in [6.07, 6.45) is -2.13. The largest absolute Gasteiger partial charge is 0.573 e. The number of ether oxygens (including phenoxy) is 1. The number of aromatic nitrogens is 3. The van der Waals surface area contributed by atoms with Crippen LogP contribution in [0.25, 0.3) is 17.1 Å². The molecular weight excluding hydrogens is 577 g/mol. The van der Waals surface area contributed by atoms with Crippen LogP contribution in [-0.4, -0.2) is 44.2 Å². The molecule has 5 rings (SSSR count). The number of carbonyl (C=O) groups excluding carboxylic acids is 1. The van der Waals surface area contributed by atoms with E-state index in [9.17, 15) is 18.0 Å². The van der Waals surface area contributed by atoms with Gasteiger partial charge in [-0.2, -0.15) is 5.10 Å². The van der Waals surface area contributed by atoms with Gasteiger partial charge in [-0.3, -0.25) is 9.69 Å². The predicted octanol–water partition coefficient (Wildman–Crippen LogP) is 7.38. The lowest BCUT2D eigenvalue weighted by Gasteiger charge is -2.29. The standard InChI is InChI=1S/C31H29F3N6O2S/c1-4-27-36-29(38-40(27)23-13-15-24(16-14-23)42-31(32,33)34)22-11-9-21(10-12-22)19-35-37-30-39(28(41)17-18-43-30)26-8-6-5-7-25(26)20(2)3/h5-16,19-20H,4,17-18H2,1-3H3. The second kappa shape index (κ2) is 12.8. The number of hydrogen-bond acceptors (Lipinski definition) is 7. The summed E-state index contributed by atoms with van der Waals surface area (Å²) in [7, 11) is 0. The molecule has 4 aromatic rings. The summed E-state index contributed by atoms with van der Waals surface area (Å²) in [6, 6.07) is 20.8. The number of halogens is 3. The van der Waals surface area contributed by atoms with Crippen molar-refractivity contribution in [3.63, 3.8) is 0 Å². The molecule has 0 spiro atoms. The quantitative estimate of drug-likeness (QED) is 0.154. The number of alkyl halides is 3. The molecule has 0 saturated carbocycles. The molecule has 3 aromatic carbocycles. The number of rotatable bonds is 8. The number of anilines is 1. The third-order valence-electron chi connectivity index (χ3n) is 6.61. The van der Waals surface area contributed by atoms with Crippen molar-refractivity contribution in [2.24, 2.45) is 10.2 Å². The van der Waals surface area contributed by atoms with E-state index in [2.05, 4.69) is 38.9 Å². The molecule has 222 valence electrons. The van der Waals surface area contributed by atoms with Gasteiger partial charge in [0.2, 0.25) is 5.91 Å². The molecule has 1 amide bonds. The van der Waals surface area contributed by atoms with Crippen LogP contribution in [0, 0.1) is 0 Å². The number of hydrogen-bond donors (Lipinski definition) is 0. The molecule has 0 radical (unpaired) electrons. The van der Waals surface area contributed by atoms with Gasteiger partial charge in [-0.25, -0.2) is 9.67 Å². The number of amidine groups is 1. The molecular formula is C31H29F3N6O2S. The summed E-state index contributed by atoms with van der Waals surface area (Å²) in [5.41, 5.74) is 4.03. The topological polar surface area (TPSA) is 85.0 Å². The number of nitrogens with zero attached hydrogens (tertiary/aromatic N) is 6. The van der Waals surface area contributed by atoms with Crippen molar-refractivity contribution in [1.29, 1.82) is 0 Å². The van der Waals surface area contributed by atoms with Crippen LogP contribution in [0.4, 0.5) is 18.9 Å². The van der Waals surface area contributed by atoms with E-state index < -0.39 is 6.36 Å². The molecule has 1 saturated heterocycles. The predicted molar refractivity (Wildman–Crippen MR) is 163 cm³/mol. The summed E-state index contributed by atoms with van der Waals surface area (Å²) < 4.78 is 43.1. The third kappa shape index (κ3) is 7.14. The number of thioether (sulfide) groups is 1. The Bertz CT molecular complexity index is 1650. The first-order valence-corrected chi connectivity index (χ1v) is 14.7. The highest BCUT2D eigenvalue weighted by Crippen LogP contribution is 2.32. The Kier molecular flexibility index (Phi) is 8.95. The van der Waals surface area contributed by atoms with Crippen molar-refractivity contribution in [3.8, 4) is 22.8 Å². The van der Waals surface area contributed by atoms with Gasteiger partial charge in [0.05, 0.1) is 17.6 Å². The van der Waals surface area contributed by atoms with E-state index >= 15 is 0 Å². The molecule has 8 nitrogen and oxygen atoms in total. The van der Waals surface area contributed by atoms with E-state index in [1.807, 2.05) is 55.5 Å². The van der Waals surface area contributed by atoms with Crippen molar-refractivity contribution >= 4 is 34.7 Å². The van der Waals surface area contributed by atoms with Crippen molar-refractivity contribution in [2.75, 3.05) is 10.7 Å². The Morgan fingerprint density at radius 2 is 1.77 bits per heavy atom. The van der Waals surface area contributed by atoms with Gasteiger partial charge in [-0.05, 0) is 47.4 Å². The minimum Gasteiger partial charge on any atom is -0.406 e. The summed E-state index contributed by atoms with van der Waals surface area (Å²) in [4.78, 5) is 19.2. The highest BCUT2D eigenvalue weighted by Gasteiger charge is 2.31. The number of aryl methyl sites for hydroxylation is 1. The maximum Gasteiger partial charge on any atom is 0.573 e. The van der Waals surface area contributed by atoms with Gasteiger partial charge >= 0.3 is 6.36 Å². The molecule has 0 aliphatic carbocycles. The number of amides is 1. The zero-order chi connectivity index (χ0) is 30.6. The van der Waals surface area contributed by atoms with Gasteiger partial charge < -0.3 is 4.74 Å². The lowest BCUT2D eigenvalue weighted by Crippen LogP contribution is -2.39. The number of para-hydroxylation sites is 1. The van der Waals surface area contributed by atoms with E-state index in [-0.39, 0.29) is 17.6 Å². The molecule has 1 aromatic heterocycles. The highest BCUT2D eigenvalue weighted by molar-refractivity contribution is 8.14. The molecule has 12 heteroatoms. The molecule has 1 aliphatic rings. The summed E-state index contributed by atoms with van der Waals surface area (Å²) >= 11 is 1.50. The lowest BCUT2D eigenvalue weighted by molar-refractivity contribution is -0.274. The van der Waals surface area contributed by atoms with Gasteiger partial charge in [0.15, 0.2) is 11.0 Å². The Morgan fingerprint density at radius 3 is 2.44 bits per heavy atom. The fourth-order valence-electron chi connectivity index (χ4n) is 4.56. The number of carbonyl (C=O) groups is 1. The Morgan fingerprint density at radius 1 is 1.05 bits per heavy atom. The van der Waals surface area contributed by atoms with Gasteiger partial charge in [0.1, 0.15) is 11.6 Å². The molecule has 2 heterocycles. The Labute approximate surface area is 251 Å². The van der Waals surface area contributed by atoms with E-state index in [0.717, 1.165) is 22.4 Å². The van der Waals surface area contributed by atoms with Crippen LogP contribution in [0.2, 0.25) is 0 Å². The van der Waals surface area contributed by atoms with E-state index in [1.54, 1.807) is 15.8 Å². The smallest absolute Gasteiger partial charge is 0.406 e. The molecule has 0 unspecified atom stereocenters. The van der Waals surface area contributed by atoms with Crippen molar-refractivity contribution in [1.82, 2.24) is 14.8 Å². The molecule has 1 aliphatic heterocycles. The maximum atomic E-state index is 12.9. The molecule has 0 atom stereocenters. The van der Waals surface area contributed by atoms with Crippen LogP contribution in [-0.2, 0) is 11.2 Å². The van der Waals surface area contributed by atoms with Gasteiger partial charge in [0, 0.05) is 24.2 Å². The highest BCUT2D eigenvalue weighted by atomic mass is 32.2. The Balaban J connectivity index is 1.33. The van der Waals surface area contributed by atoms with Crippen LogP contribution in [0.1, 0.15) is 50.1 Å². The monoisotopic (exact) mass is 606 g/mol. The molecule has 43 heavy (non-hydrogen) atoms. The van der Waals surface area contributed by atoms with Crippen molar-refractivity contribution in [2.45, 2.75) is 45.9 Å². The normalized spacial score (nSPS) is 15.2. The average molecular weight is 607 g/mol. The minimum absolute atomic E-state index is 0.00544. The molecule has 1 fully saturated rings. The first-order valence-electron chi connectivity index (χ1n) is 13.7. The van der Waals surface area contributed by atoms with Crippen LogP contribution in [0.15, 0.2) is 83.0 Å². The van der Waals surface area contributed by atoms with Gasteiger partial charge in [-0.1, -0.05) is 75.0 Å². The summed E-state index contributed by atoms with van der Waals surface area (Å²) in [5, 5.41) is 13.8. The molecule has 0 bridgehead atoms. The fourth-order valence-corrected chi connectivity index (χ4v) is 5.45.